The SMILES string of the molecule is Cc1cccc(CN2C(=O)S/C(=C\c3cc(C)oc3C)C2=O)c1. The van der Waals surface area contributed by atoms with Crippen LogP contribution in [0.25, 0.3) is 6.08 Å². The Hall–Kier alpha value is -2.27. The average molecular weight is 327 g/mol. The second kappa shape index (κ2) is 6.08. The summed E-state index contributed by atoms with van der Waals surface area (Å²) >= 11 is 0.975. The minimum absolute atomic E-state index is 0.236. The topological polar surface area (TPSA) is 50.5 Å². The van der Waals surface area contributed by atoms with E-state index in [9.17, 15) is 9.59 Å². The molecular weight excluding hydrogens is 310 g/mol. The van der Waals surface area contributed by atoms with Crippen molar-refractivity contribution >= 4 is 29.0 Å². The third kappa shape index (κ3) is 3.24. The molecule has 0 atom stereocenters. The van der Waals surface area contributed by atoms with E-state index >= 15 is 0 Å². The van der Waals surface area contributed by atoms with Crippen molar-refractivity contribution in [1.29, 1.82) is 0 Å². The Labute approximate surface area is 139 Å². The van der Waals surface area contributed by atoms with E-state index in [-0.39, 0.29) is 11.1 Å². The van der Waals surface area contributed by atoms with Gasteiger partial charge in [0.1, 0.15) is 11.5 Å². The molecule has 3 rings (SSSR count). The highest BCUT2D eigenvalue weighted by Crippen LogP contribution is 2.34. The summed E-state index contributed by atoms with van der Waals surface area (Å²) in [6.45, 7) is 5.98. The van der Waals surface area contributed by atoms with Gasteiger partial charge < -0.3 is 4.42 Å². The lowest BCUT2D eigenvalue weighted by molar-refractivity contribution is -0.123. The summed E-state index contributed by atoms with van der Waals surface area (Å²) in [5.41, 5.74) is 2.89. The van der Waals surface area contributed by atoms with Gasteiger partial charge in [0.15, 0.2) is 0 Å². The number of aryl methyl sites for hydroxylation is 3. The highest BCUT2D eigenvalue weighted by atomic mass is 32.2. The molecule has 0 spiro atoms. The minimum atomic E-state index is -0.250. The Morgan fingerprint density at radius 1 is 1.17 bits per heavy atom. The standard InChI is InChI=1S/C18H17NO3S/c1-11-5-4-6-14(7-11)10-19-17(20)16(23-18(19)21)9-15-8-12(2)22-13(15)3/h4-9H,10H2,1-3H3/b16-9-. The van der Waals surface area contributed by atoms with Crippen molar-refractivity contribution in [3.63, 3.8) is 0 Å². The van der Waals surface area contributed by atoms with Crippen LogP contribution in [-0.4, -0.2) is 16.0 Å². The van der Waals surface area contributed by atoms with Crippen molar-refractivity contribution < 1.29 is 14.0 Å². The van der Waals surface area contributed by atoms with Crippen LogP contribution >= 0.6 is 11.8 Å². The number of hydrogen-bond acceptors (Lipinski definition) is 4. The van der Waals surface area contributed by atoms with Gasteiger partial charge >= 0.3 is 0 Å². The fourth-order valence-corrected chi connectivity index (χ4v) is 3.39. The van der Waals surface area contributed by atoms with E-state index in [1.165, 1.54) is 4.90 Å². The molecule has 1 aliphatic rings. The molecule has 0 unspecified atom stereocenters. The normalized spacial score (nSPS) is 16.7. The van der Waals surface area contributed by atoms with Crippen LogP contribution in [0.5, 0.6) is 0 Å². The maximum atomic E-state index is 12.5. The summed E-state index contributed by atoms with van der Waals surface area (Å²) in [6.07, 6.45) is 1.73. The number of rotatable bonds is 3. The third-order valence-corrected chi connectivity index (χ3v) is 4.57. The maximum Gasteiger partial charge on any atom is 0.293 e. The van der Waals surface area contributed by atoms with Gasteiger partial charge in [0, 0.05) is 5.56 Å². The van der Waals surface area contributed by atoms with Gasteiger partial charge in [0.2, 0.25) is 0 Å². The lowest BCUT2D eigenvalue weighted by Crippen LogP contribution is -2.27. The fourth-order valence-electron chi connectivity index (χ4n) is 2.56. The summed E-state index contributed by atoms with van der Waals surface area (Å²) in [7, 11) is 0. The molecular formula is C18H17NO3S. The third-order valence-electron chi connectivity index (χ3n) is 3.66. The number of furan rings is 1. The number of nitrogens with zero attached hydrogens (tertiary/aromatic N) is 1. The van der Waals surface area contributed by atoms with Gasteiger partial charge in [0.05, 0.1) is 11.4 Å². The van der Waals surface area contributed by atoms with Crippen LogP contribution < -0.4 is 0 Å². The average Bonchev–Trinajstić information content (AvgIpc) is 2.93. The number of amides is 2. The van der Waals surface area contributed by atoms with Crippen LogP contribution in [0.4, 0.5) is 4.79 Å². The quantitative estimate of drug-likeness (QED) is 0.782. The number of carbonyl (C=O) groups excluding carboxylic acids is 2. The molecule has 1 aromatic carbocycles. The lowest BCUT2D eigenvalue weighted by atomic mass is 10.1. The molecule has 0 saturated carbocycles. The first-order chi connectivity index (χ1) is 10.9. The van der Waals surface area contributed by atoms with E-state index < -0.39 is 0 Å². The van der Waals surface area contributed by atoms with Crippen molar-refractivity contribution in [2.75, 3.05) is 0 Å². The molecule has 2 aromatic rings. The van der Waals surface area contributed by atoms with Crippen LogP contribution in [0.3, 0.4) is 0 Å². The predicted octanol–water partition coefficient (Wildman–Crippen LogP) is 4.44. The molecule has 0 N–H and O–H groups in total. The second-order valence-corrected chi connectivity index (χ2v) is 6.62. The lowest BCUT2D eigenvalue weighted by Gasteiger charge is -2.12. The molecule has 0 radical (unpaired) electrons. The van der Waals surface area contributed by atoms with Crippen LogP contribution in [-0.2, 0) is 11.3 Å². The van der Waals surface area contributed by atoms with Gasteiger partial charge in [-0.3, -0.25) is 14.5 Å². The van der Waals surface area contributed by atoms with E-state index in [2.05, 4.69) is 0 Å². The zero-order valence-corrected chi connectivity index (χ0v) is 14.1. The first-order valence-electron chi connectivity index (χ1n) is 7.32. The van der Waals surface area contributed by atoms with Crippen LogP contribution in [0.15, 0.2) is 39.7 Å². The van der Waals surface area contributed by atoms with Crippen molar-refractivity contribution in [2.45, 2.75) is 27.3 Å². The van der Waals surface area contributed by atoms with Gasteiger partial charge in [-0.2, -0.15) is 0 Å². The molecule has 1 fully saturated rings. The Kier molecular flexibility index (Phi) is 4.13. The molecule has 0 aliphatic carbocycles. The van der Waals surface area contributed by atoms with E-state index in [1.807, 2.05) is 51.1 Å². The van der Waals surface area contributed by atoms with Crippen molar-refractivity contribution in [2.24, 2.45) is 0 Å². The zero-order chi connectivity index (χ0) is 16.6. The summed E-state index contributed by atoms with van der Waals surface area (Å²) in [6, 6.07) is 9.68. The molecule has 23 heavy (non-hydrogen) atoms. The highest BCUT2D eigenvalue weighted by molar-refractivity contribution is 8.18. The molecule has 118 valence electrons. The molecule has 1 aromatic heterocycles. The fraction of sp³-hybridized carbons (Fsp3) is 0.222. The van der Waals surface area contributed by atoms with E-state index in [0.717, 1.165) is 40.0 Å². The largest absolute Gasteiger partial charge is 0.466 e. The van der Waals surface area contributed by atoms with Gasteiger partial charge in [-0.1, -0.05) is 29.8 Å². The summed E-state index contributed by atoms with van der Waals surface area (Å²) in [5, 5.41) is -0.236. The predicted molar refractivity (Wildman–Crippen MR) is 90.9 cm³/mol. The zero-order valence-electron chi connectivity index (χ0n) is 13.3. The molecule has 1 aliphatic heterocycles. The molecule has 5 heteroatoms. The first-order valence-corrected chi connectivity index (χ1v) is 8.13. The molecule has 2 amide bonds. The smallest absolute Gasteiger partial charge is 0.293 e. The first kappa shape index (κ1) is 15.6. The van der Waals surface area contributed by atoms with Crippen molar-refractivity contribution in [3.8, 4) is 0 Å². The van der Waals surface area contributed by atoms with Gasteiger partial charge in [0.25, 0.3) is 11.1 Å². The minimum Gasteiger partial charge on any atom is -0.466 e. The number of benzene rings is 1. The van der Waals surface area contributed by atoms with Crippen molar-refractivity contribution in [1.82, 2.24) is 4.90 Å². The van der Waals surface area contributed by atoms with Crippen LogP contribution in [0.2, 0.25) is 0 Å². The van der Waals surface area contributed by atoms with E-state index in [4.69, 9.17) is 4.42 Å². The monoisotopic (exact) mass is 327 g/mol. The van der Waals surface area contributed by atoms with Crippen molar-refractivity contribution in [3.05, 3.63) is 63.4 Å². The summed E-state index contributed by atoms with van der Waals surface area (Å²) in [4.78, 5) is 26.4. The number of hydrogen-bond donors (Lipinski definition) is 0. The van der Waals surface area contributed by atoms with Crippen LogP contribution in [0, 0.1) is 20.8 Å². The Morgan fingerprint density at radius 2 is 1.96 bits per heavy atom. The molecule has 1 saturated heterocycles. The highest BCUT2D eigenvalue weighted by Gasteiger charge is 2.35. The maximum absolute atomic E-state index is 12.5. The van der Waals surface area contributed by atoms with E-state index in [0.29, 0.717) is 11.4 Å². The number of thioether (sulfide) groups is 1. The molecule has 0 bridgehead atoms. The number of carbonyl (C=O) groups is 2. The Balaban J connectivity index is 1.84. The molecule has 2 heterocycles. The van der Waals surface area contributed by atoms with Gasteiger partial charge in [-0.25, -0.2) is 0 Å². The summed E-state index contributed by atoms with van der Waals surface area (Å²) in [5.74, 6) is 1.28. The van der Waals surface area contributed by atoms with Gasteiger partial charge in [-0.15, -0.1) is 0 Å². The van der Waals surface area contributed by atoms with Gasteiger partial charge in [-0.05, 0) is 50.2 Å². The Bertz CT molecular complexity index is 819. The van der Waals surface area contributed by atoms with Crippen LogP contribution in [0.1, 0.15) is 28.2 Å². The summed E-state index contributed by atoms with van der Waals surface area (Å²) < 4.78 is 5.46. The van der Waals surface area contributed by atoms with E-state index in [1.54, 1.807) is 6.08 Å². The molecule has 4 nitrogen and oxygen atoms in total. The Morgan fingerprint density at radius 3 is 2.61 bits per heavy atom. The second-order valence-electron chi connectivity index (χ2n) is 5.63. The number of imide groups is 1.